The highest BCUT2D eigenvalue weighted by Gasteiger charge is 2.12. The Labute approximate surface area is 163 Å². The Bertz CT molecular complexity index is 947. The maximum absolute atomic E-state index is 12.6. The summed E-state index contributed by atoms with van der Waals surface area (Å²) >= 11 is 0. The van der Waals surface area contributed by atoms with E-state index in [4.69, 9.17) is 4.74 Å². The molecule has 1 aliphatic rings. The van der Waals surface area contributed by atoms with E-state index in [1.54, 1.807) is 29.2 Å². The van der Waals surface area contributed by atoms with Gasteiger partial charge in [-0.3, -0.25) is 9.48 Å². The lowest BCUT2D eigenvalue weighted by Crippen LogP contribution is -2.36. The van der Waals surface area contributed by atoms with E-state index in [0.29, 0.717) is 11.4 Å². The first-order valence-corrected chi connectivity index (χ1v) is 9.14. The number of amides is 1. The zero-order valence-corrected chi connectivity index (χ0v) is 15.6. The summed E-state index contributed by atoms with van der Waals surface area (Å²) in [5.41, 5.74) is 2.41. The fourth-order valence-electron chi connectivity index (χ4n) is 3.05. The summed E-state index contributed by atoms with van der Waals surface area (Å²) in [6, 6.07) is 13.1. The van der Waals surface area contributed by atoms with Gasteiger partial charge < -0.3 is 20.3 Å². The number of aromatic nitrogens is 3. The lowest BCUT2D eigenvalue weighted by molar-refractivity contribution is 0.102. The van der Waals surface area contributed by atoms with E-state index in [-0.39, 0.29) is 5.91 Å². The Morgan fingerprint density at radius 1 is 1.07 bits per heavy atom. The fourth-order valence-corrected chi connectivity index (χ4v) is 3.05. The SMILES string of the molecule is Cn1nccc1Nc1cc(C(=O)Nc2ccc(N3CCOCC3)cc2)ccn1. The van der Waals surface area contributed by atoms with Crippen LogP contribution in [0.5, 0.6) is 0 Å². The monoisotopic (exact) mass is 378 g/mol. The highest BCUT2D eigenvalue weighted by Crippen LogP contribution is 2.20. The molecule has 0 radical (unpaired) electrons. The summed E-state index contributed by atoms with van der Waals surface area (Å²) in [6.45, 7) is 3.26. The third kappa shape index (κ3) is 4.12. The van der Waals surface area contributed by atoms with Crippen LogP contribution in [0.2, 0.25) is 0 Å². The molecule has 0 spiro atoms. The van der Waals surface area contributed by atoms with Crippen molar-refractivity contribution in [1.82, 2.24) is 14.8 Å². The van der Waals surface area contributed by atoms with E-state index in [1.807, 2.05) is 37.4 Å². The van der Waals surface area contributed by atoms with Gasteiger partial charge in [-0.2, -0.15) is 5.10 Å². The van der Waals surface area contributed by atoms with Gasteiger partial charge in [0, 0.05) is 49.3 Å². The van der Waals surface area contributed by atoms with Crippen molar-refractivity contribution in [2.24, 2.45) is 7.05 Å². The molecule has 28 heavy (non-hydrogen) atoms. The molecular weight excluding hydrogens is 356 g/mol. The zero-order valence-electron chi connectivity index (χ0n) is 15.6. The fraction of sp³-hybridized carbons (Fsp3) is 0.250. The number of ether oxygens (including phenoxy) is 1. The van der Waals surface area contributed by atoms with Gasteiger partial charge in [-0.25, -0.2) is 4.98 Å². The van der Waals surface area contributed by atoms with Crippen LogP contribution >= 0.6 is 0 Å². The molecule has 144 valence electrons. The van der Waals surface area contributed by atoms with Crippen LogP contribution in [0.25, 0.3) is 0 Å². The Morgan fingerprint density at radius 2 is 1.86 bits per heavy atom. The second-order valence-electron chi connectivity index (χ2n) is 6.50. The van der Waals surface area contributed by atoms with Crippen LogP contribution in [0.4, 0.5) is 23.0 Å². The van der Waals surface area contributed by atoms with Crippen LogP contribution in [0.1, 0.15) is 10.4 Å². The van der Waals surface area contributed by atoms with E-state index in [9.17, 15) is 4.79 Å². The Hall–Kier alpha value is -3.39. The number of anilines is 4. The molecule has 2 aromatic heterocycles. The molecule has 1 aromatic carbocycles. The Balaban J connectivity index is 1.42. The highest BCUT2D eigenvalue weighted by molar-refractivity contribution is 6.04. The smallest absolute Gasteiger partial charge is 0.255 e. The number of hydrogen-bond acceptors (Lipinski definition) is 6. The number of hydrogen-bond donors (Lipinski definition) is 2. The van der Waals surface area contributed by atoms with Crippen molar-refractivity contribution >= 4 is 28.9 Å². The second-order valence-corrected chi connectivity index (χ2v) is 6.50. The molecule has 2 N–H and O–H groups in total. The summed E-state index contributed by atoms with van der Waals surface area (Å²) in [5, 5.41) is 10.2. The Kier molecular flexibility index (Phi) is 5.20. The number of nitrogens with one attached hydrogen (secondary N) is 2. The van der Waals surface area contributed by atoms with Crippen molar-refractivity contribution in [3.8, 4) is 0 Å². The minimum absolute atomic E-state index is 0.186. The van der Waals surface area contributed by atoms with E-state index in [0.717, 1.165) is 43.5 Å². The number of rotatable bonds is 5. The predicted molar refractivity (Wildman–Crippen MR) is 108 cm³/mol. The maximum atomic E-state index is 12.6. The van der Waals surface area contributed by atoms with Gasteiger partial charge in [0.1, 0.15) is 11.6 Å². The number of aryl methyl sites for hydroxylation is 1. The number of morpholine rings is 1. The van der Waals surface area contributed by atoms with Crippen LogP contribution in [-0.4, -0.2) is 47.0 Å². The molecule has 4 rings (SSSR count). The van der Waals surface area contributed by atoms with Gasteiger partial charge in [0.25, 0.3) is 5.91 Å². The van der Waals surface area contributed by atoms with Gasteiger partial charge >= 0.3 is 0 Å². The van der Waals surface area contributed by atoms with Crippen LogP contribution in [0.3, 0.4) is 0 Å². The number of carbonyl (C=O) groups excluding carboxylic acids is 1. The number of nitrogens with zero attached hydrogens (tertiary/aromatic N) is 4. The minimum atomic E-state index is -0.186. The molecule has 0 saturated carbocycles. The summed E-state index contributed by atoms with van der Waals surface area (Å²) in [7, 11) is 1.83. The molecule has 1 amide bonds. The number of benzene rings is 1. The number of pyridine rings is 1. The second kappa shape index (κ2) is 8.10. The van der Waals surface area contributed by atoms with Crippen LogP contribution < -0.4 is 15.5 Å². The van der Waals surface area contributed by atoms with Crippen LogP contribution in [0, 0.1) is 0 Å². The molecule has 0 atom stereocenters. The van der Waals surface area contributed by atoms with Gasteiger partial charge in [0.05, 0.1) is 19.4 Å². The molecule has 3 heterocycles. The van der Waals surface area contributed by atoms with E-state index >= 15 is 0 Å². The summed E-state index contributed by atoms with van der Waals surface area (Å²) < 4.78 is 7.08. The summed E-state index contributed by atoms with van der Waals surface area (Å²) in [4.78, 5) is 19.1. The van der Waals surface area contributed by atoms with Gasteiger partial charge in [-0.1, -0.05) is 0 Å². The normalized spacial score (nSPS) is 14.0. The van der Waals surface area contributed by atoms with Gasteiger partial charge in [-0.15, -0.1) is 0 Å². The first-order chi connectivity index (χ1) is 13.7. The van der Waals surface area contributed by atoms with Crippen molar-refractivity contribution < 1.29 is 9.53 Å². The van der Waals surface area contributed by atoms with Gasteiger partial charge in [0.2, 0.25) is 0 Å². The molecule has 0 aliphatic carbocycles. The van der Waals surface area contributed by atoms with Crippen LogP contribution in [0.15, 0.2) is 54.9 Å². The van der Waals surface area contributed by atoms with Crippen molar-refractivity contribution in [1.29, 1.82) is 0 Å². The van der Waals surface area contributed by atoms with Gasteiger partial charge in [-0.05, 0) is 36.4 Å². The molecule has 8 nitrogen and oxygen atoms in total. The van der Waals surface area contributed by atoms with Crippen molar-refractivity contribution in [3.05, 3.63) is 60.4 Å². The van der Waals surface area contributed by atoms with Crippen molar-refractivity contribution in [3.63, 3.8) is 0 Å². The molecule has 1 saturated heterocycles. The topological polar surface area (TPSA) is 84.3 Å². The average Bonchev–Trinajstić information content (AvgIpc) is 3.14. The van der Waals surface area contributed by atoms with Crippen molar-refractivity contribution in [2.45, 2.75) is 0 Å². The van der Waals surface area contributed by atoms with E-state index in [2.05, 4.69) is 25.6 Å². The van der Waals surface area contributed by atoms with Gasteiger partial charge in [0.15, 0.2) is 0 Å². The molecule has 3 aromatic rings. The number of carbonyl (C=O) groups is 1. The van der Waals surface area contributed by atoms with Crippen LogP contribution in [-0.2, 0) is 11.8 Å². The zero-order chi connectivity index (χ0) is 19.3. The molecule has 1 aliphatic heterocycles. The lowest BCUT2D eigenvalue weighted by atomic mass is 10.2. The third-order valence-electron chi connectivity index (χ3n) is 4.60. The highest BCUT2D eigenvalue weighted by atomic mass is 16.5. The predicted octanol–water partition coefficient (Wildman–Crippen LogP) is 2.65. The first-order valence-electron chi connectivity index (χ1n) is 9.14. The standard InChI is InChI=1S/C20H22N6O2/c1-25-19(7-9-22-25)24-18-14-15(6-8-21-18)20(27)23-16-2-4-17(5-3-16)26-10-12-28-13-11-26/h2-9,14H,10-13H2,1H3,(H,21,24)(H,23,27). The minimum Gasteiger partial charge on any atom is -0.378 e. The average molecular weight is 378 g/mol. The molecular formula is C20H22N6O2. The summed E-state index contributed by atoms with van der Waals surface area (Å²) in [5.74, 6) is 1.19. The molecule has 8 heteroatoms. The van der Waals surface area contributed by atoms with E-state index < -0.39 is 0 Å². The first kappa shape index (κ1) is 18.0. The third-order valence-corrected chi connectivity index (χ3v) is 4.60. The van der Waals surface area contributed by atoms with E-state index in [1.165, 1.54) is 0 Å². The largest absolute Gasteiger partial charge is 0.378 e. The quantitative estimate of drug-likeness (QED) is 0.710. The van der Waals surface area contributed by atoms with Crippen molar-refractivity contribution in [2.75, 3.05) is 41.8 Å². The molecule has 1 fully saturated rings. The summed E-state index contributed by atoms with van der Waals surface area (Å²) in [6.07, 6.45) is 3.30. The molecule has 0 bridgehead atoms. The Morgan fingerprint density at radius 3 is 2.57 bits per heavy atom. The lowest BCUT2D eigenvalue weighted by Gasteiger charge is -2.28. The molecule has 0 unspecified atom stereocenters. The maximum Gasteiger partial charge on any atom is 0.255 e.